The molecule has 0 bridgehead atoms. The lowest BCUT2D eigenvalue weighted by Gasteiger charge is -2.20. The second kappa shape index (κ2) is 7.57. The second-order valence-corrected chi connectivity index (χ2v) is 10.5. The number of rotatable bonds is 8. The number of ether oxygens (including phenoxy) is 1. The van der Waals surface area contributed by atoms with Crippen molar-refractivity contribution in [3.63, 3.8) is 0 Å². The van der Waals surface area contributed by atoms with Gasteiger partial charge in [0.2, 0.25) is 20.0 Å². The molecule has 0 radical (unpaired) electrons. The molecule has 0 amide bonds. The van der Waals surface area contributed by atoms with Crippen LogP contribution in [0.2, 0.25) is 0 Å². The molecule has 1 aliphatic carbocycles. The molecule has 1 atom stereocenters. The zero-order chi connectivity index (χ0) is 18.8. The van der Waals surface area contributed by atoms with Gasteiger partial charge < -0.3 is 4.74 Å². The normalized spacial score (nSPS) is 16.4. The molecule has 1 aromatic rings. The van der Waals surface area contributed by atoms with Gasteiger partial charge in [0, 0.05) is 19.6 Å². The van der Waals surface area contributed by atoms with Crippen molar-refractivity contribution in [2.45, 2.75) is 19.8 Å². The Bertz CT molecular complexity index is 840. The smallest absolute Gasteiger partial charge is 0.224 e. The number of hydrogen-bond donors (Lipinski definition) is 0. The molecule has 0 aliphatic heterocycles. The highest BCUT2D eigenvalue weighted by atomic mass is 32.3. The summed E-state index contributed by atoms with van der Waals surface area (Å²) in [5, 5.41) is 0. The summed E-state index contributed by atoms with van der Waals surface area (Å²) in [5.41, 5.74) is 4.54. The molecule has 0 heterocycles. The summed E-state index contributed by atoms with van der Waals surface area (Å²) in [5.74, 6) is 0.147. The van der Waals surface area contributed by atoms with Crippen LogP contribution in [0.15, 0.2) is 29.8 Å². The minimum absolute atomic E-state index is 0.0792. The highest BCUT2D eigenvalue weighted by Gasteiger charge is 2.29. The van der Waals surface area contributed by atoms with E-state index in [1.165, 1.54) is 5.56 Å². The summed E-state index contributed by atoms with van der Waals surface area (Å²) in [7, 11) is -6.02. The predicted octanol–water partition coefficient (Wildman–Crippen LogP) is 1.89. The fourth-order valence-corrected chi connectivity index (χ4v) is 6.24. The van der Waals surface area contributed by atoms with Crippen molar-refractivity contribution in [1.82, 2.24) is 3.71 Å². The van der Waals surface area contributed by atoms with Crippen LogP contribution >= 0.6 is 0 Å². The van der Waals surface area contributed by atoms with Gasteiger partial charge in [-0.2, -0.15) is 0 Å². The highest BCUT2D eigenvalue weighted by molar-refractivity contribution is 8.03. The Balaban J connectivity index is 2.34. The zero-order valence-electron chi connectivity index (χ0n) is 15.0. The Morgan fingerprint density at radius 3 is 2.28 bits per heavy atom. The summed E-state index contributed by atoms with van der Waals surface area (Å²) in [6, 6.07) is 8.04. The molecule has 2 rings (SSSR count). The SMILES string of the molecule is COCC(C)C1=C(CCN(S(C)(=O)=O)S(C)(=O)=O)Cc2ccccc21. The average molecular weight is 388 g/mol. The maximum absolute atomic E-state index is 11.8. The van der Waals surface area contributed by atoms with Crippen LogP contribution in [0.3, 0.4) is 0 Å². The van der Waals surface area contributed by atoms with Crippen molar-refractivity contribution < 1.29 is 21.6 Å². The Kier molecular flexibility index (Phi) is 6.09. The molecular formula is C17H25NO5S2. The lowest BCUT2D eigenvalue weighted by Crippen LogP contribution is -2.36. The minimum Gasteiger partial charge on any atom is -0.384 e. The van der Waals surface area contributed by atoms with E-state index in [-0.39, 0.29) is 12.5 Å². The molecule has 8 heteroatoms. The third-order valence-corrected chi connectivity index (χ3v) is 7.81. The van der Waals surface area contributed by atoms with Gasteiger partial charge in [0.05, 0.1) is 19.1 Å². The lowest BCUT2D eigenvalue weighted by atomic mass is 9.93. The van der Waals surface area contributed by atoms with Crippen LogP contribution in [0.1, 0.15) is 24.5 Å². The quantitative estimate of drug-likeness (QED) is 0.680. The van der Waals surface area contributed by atoms with E-state index in [9.17, 15) is 16.8 Å². The molecule has 140 valence electrons. The molecule has 0 N–H and O–H groups in total. The first-order chi connectivity index (χ1) is 11.6. The van der Waals surface area contributed by atoms with Crippen molar-refractivity contribution in [2.24, 2.45) is 5.92 Å². The van der Waals surface area contributed by atoms with Crippen molar-refractivity contribution in [3.05, 3.63) is 41.0 Å². The van der Waals surface area contributed by atoms with Crippen molar-refractivity contribution in [1.29, 1.82) is 0 Å². The van der Waals surface area contributed by atoms with E-state index in [0.717, 1.165) is 29.2 Å². The third kappa shape index (κ3) is 4.69. The summed E-state index contributed by atoms with van der Waals surface area (Å²) in [4.78, 5) is 0. The van der Waals surface area contributed by atoms with E-state index < -0.39 is 20.0 Å². The van der Waals surface area contributed by atoms with Crippen LogP contribution in [0, 0.1) is 5.92 Å². The fraction of sp³-hybridized carbons (Fsp3) is 0.529. The molecule has 0 saturated carbocycles. The molecule has 6 nitrogen and oxygen atoms in total. The van der Waals surface area contributed by atoms with Gasteiger partial charge in [-0.15, -0.1) is 0 Å². The van der Waals surface area contributed by atoms with Gasteiger partial charge in [-0.3, -0.25) is 0 Å². The predicted molar refractivity (Wildman–Crippen MR) is 99.1 cm³/mol. The first kappa shape index (κ1) is 20.1. The van der Waals surface area contributed by atoms with E-state index in [1.54, 1.807) is 7.11 Å². The van der Waals surface area contributed by atoms with Crippen LogP contribution in [-0.4, -0.2) is 53.3 Å². The number of hydrogen-bond acceptors (Lipinski definition) is 5. The summed E-state index contributed by atoms with van der Waals surface area (Å²) >= 11 is 0. The van der Waals surface area contributed by atoms with E-state index in [1.807, 2.05) is 18.2 Å². The number of fused-ring (bicyclic) bond motifs is 1. The number of methoxy groups -OCH3 is 1. The largest absolute Gasteiger partial charge is 0.384 e. The van der Waals surface area contributed by atoms with Gasteiger partial charge in [-0.05, 0) is 29.5 Å². The van der Waals surface area contributed by atoms with E-state index >= 15 is 0 Å². The molecule has 0 spiro atoms. The Morgan fingerprint density at radius 2 is 1.72 bits per heavy atom. The monoisotopic (exact) mass is 387 g/mol. The second-order valence-electron chi connectivity index (χ2n) is 6.48. The van der Waals surface area contributed by atoms with Gasteiger partial charge >= 0.3 is 0 Å². The van der Waals surface area contributed by atoms with Crippen molar-refractivity contribution in [3.8, 4) is 0 Å². The molecule has 0 fully saturated rings. The van der Waals surface area contributed by atoms with Gasteiger partial charge in [0.1, 0.15) is 0 Å². The number of sulfonamides is 2. The van der Waals surface area contributed by atoms with Crippen LogP contribution in [-0.2, 0) is 31.2 Å². The first-order valence-electron chi connectivity index (χ1n) is 8.02. The maximum atomic E-state index is 11.8. The Hall–Kier alpha value is -1.22. The van der Waals surface area contributed by atoms with Gasteiger partial charge in [-0.1, -0.05) is 40.5 Å². The van der Waals surface area contributed by atoms with Crippen molar-refractivity contribution >= 4 is 25.6 Å². The zero-order valence-corrected chi connectivity index (χ0v) is 16.7. The van der Waals surface area contributed by atoms with E-state index in [4.69, 9.17) is 4.74 Å². The molecule has 0 aromatic heterocycles. The maximum Gasteiger partial charge on any atom is 0.224 e. The van der Waals surface area contributed by atoms with Crippen LogP contribution in [0.4, 0.5) is 0 Å². The number of benzene rings is 1. The summed E-state index contributed by atoms with van der Waals surface area (Å²) in [6.07, 6.45) is 2.92. The topological polar surface area (TPSA) is 80.8 Å². The lowest BCUT2D eigenvalue weighted by molar-refractivity contribution is 0.179. The molecule has 1 unspecified atom stereocenters. The standard InChI is InChI=1S/C17H25NO5S2/c1-13(12-23-2)17-15(11-14-7-5-6-8-16(14)17)9-10-18(24(3,19)20)25(4,21)22/h5-8,13H,9-12H2,1-4H3. The Labute approximate surface area is 150 Å². The average Bonchev–Trinajstić information content (AvgIpc) is 2.83. The van der Waals surface area contributed by atoms with Gasteiger partial charge in [0.15, 0.2) is 0 Å². The van der Waals surface area contributed by atoms with E-state index in [0.29, 0.717) is 23.2 Å². The summed E-state index contributed by atoms with van der Waals surface area (Å²) < 4.78 is 53.2. The molecule has 25 heavy (non-hydrogen) atoms. The summed E-state index contributed by atoms with van der Waals surface area (Å²) in [6.45, 7) is 2.53. The molecule has 1 aliphatic rings. The van der Waals surface area contributed by atoms with Gasteiger partial charge in [-0.25, -0.2) is 16.8 Å². The Morgan fingerprint density at radius 1 is 1.12 bits per heavy atom. The first-order valence-corrected chi connectivity index (χ1v) is 11.7. The van der Waals surface area contributed by atoms with Gasteiger partial charge in [0.25, 0.3) is 0 Å². The molecule has 0 saturated heterocycles. The molecule has 1 aromatic carbocycles. The minimum atomic E-state index is -3.83. The van der Waals surface area contributed by atoms with Crippen LogP contribution in [0.25, 0.3) is 5.57 Å². The van der Waals surface area contributed by atoms with Crippen LogP contribution < -0.4 is 0 Å². The fourth-order valence-electron chi connectivity index (χ4n) is 3.43. The third-order valence-electron chi connectivity index (χ3n) is 4.34. The van der Waals surface area contributed by atoms with E-state index in [2.05, 4.69) is 13.0 Å². The highest BCUT2D eigenvalue weighted by Crippen LogP contribution is 2.39. The van der Waals surface area contributed by atoms with Crippen LogP contribution in [0.5, 0.6) is 0 Å². The van der Waals surface area contributed by atoms with Crippen molar-refractivity contribution in [2.75, 3.05) is 32.8 Å². The number of nitrogens with zero attached hydrogens (tertiary/aromatic N) is 1. The molecular weight excluding hydrogens is 362 g/mol.